The van der Waals surface area contributed by atoms with Crippen LogP contribution in [0.2, 0.25) is 5.02 Å². The summed E-state index contributed by atoms with van der Waals surface area (Å²) in [6, 6.07) is 3.82. The quantitative estimate of drug-likeness (QED) is 0.722. The van der Waals surface area contributed by atoms with Crippen molar-refractivity contribution < 1.29 is 14.0 Å². The first-order valence-corrected chi connectivity index (χ1v) is 5.32. The van der Waals surface area contributed by atoms with Gasteiger partial charge in [-0.3, -0.25) is 9.59 Å². The number of anilines is 1. The minimum atomic E-state index is -0.693. The van der Waals surface area contributed by atoms with Gasteiger partial charge in [-0.1, -0.05) is 11.6 Å². The van der Waals surface area contributed by atoms with E-state index in [2.05, 4.69) is 0 Å². The number of rotatable bonds is 1. The predicted octanol–water partition coefficient (Wildman–Crippen LogP) is 2.69. The summed E-state index contributed by atoms with van der Waals surface area (Å²) in [5.41, 5.74) is 0.606. The van der Waals surface area contributed by atoms with Crippen LogP contribution < -0.4 is 4.90 Å². The first-order valence-electron chi connectivity index (χ1n) is 4.95. The molecule has 0 aliphatic carbocycles. The minimum absolute atomic E-state index is 0.0689. The SMILES string of the molecule is CC1=C(C)C(=O)N(c2ccc(Cl)cc2F)C1=O. The predicted molar refractivity (Wildman–Crippen MR) is 62.3 cm³/mol. The van der Waals surface area contributed by atoms with E-state index in [0.717, 1.165) is 11.0 Å². The van der Waals surface area contributed by atoms with Gasteiger partial charge in [-0.15, -0.1) is 0 Å². The van der Waals surface area contributed by atoms with Crippen LogP contribution in [0.3, 0.4) is 0 Å². The van der Waals surface area contributed by atoms with Crippen LogP contribution in [0.5, 0.6) is 0 Å². The smallest absolute Gasteiger partial charge is 0.261 e. The van der Waals surface area contributed by atoms with Gasteiger partial charge in [-0.2, -0.15) is 0 Å². The van der Waals surface area contributed by atoms with Crippen molar-refractivity contribution in [1.29, 1.82) is 0 Å². The molecule has 2 amide bonds. The van der Waals surface area contributed by atoms with Crippen LogP contribution in [-0.4, -0.2) is 11.8 Å². The van der Waals surface area contributed by atoms with E-state index in [1.165, 1.54) is 12.1 Å². The molecule has 0 spiro atoms. The van der Waals surface area contributed by atoms with Crippen molar-refractivity contribution in [3.8, 4) is 0 Å². The molecular formula is C12H9ClFNO2. The second-order valence-electron chi connectivity index (χ2n) is 3.79. The molecule has 2 rings (SSSR count). The Morgan fingerprint density at radius 3 is 2.12 bits per heavy atom. The number of imide groups is 1. The molecule has 0 N–H and O–H groups in total. The first-order chi connectivity index (χ1) is 7.93. The Balaban J connectivity index is 2.50. The molecule has 88 valence electrons. The van der Waals surface area contributed by atoms with Crippen LogP contribution in [-0.2, 0) is 9.59 Å². The first kappa shape index (κ1) is 11.8. The van der Waals surface area contributed by atoms with Crippen molar-refractivity contribution in [2.24, 2.45) is 0 Å². The molecule has 1 aliphatic heterocycles. The van der Waals surface area contributed by atoms with Crippen LogP contribution in [0.4, 0.5) is 10.1 Å². The van der Waals surface area contributed by atoms with Crippen LogP contribution in [0.25, 0.3) is 0 Å². The molecule has 0 fully saturated rings. The molecule has 0 saturated carbocycles. The van der Waals surface area contributed by atoms with E-state index < -0.39 is 17.6 Å². The molecule has 0 unspecified atom stereocenters. The van der Waals surface area contributed by atoms with Gasteiger partial charge in [0.2, 0.25) is 0 Å². The van der Waals surface area contributed by atoms with Crippen molar-refractivity contribution in [1.82, 2.24) is 0 Å². The molecule has 1 aromatic rings. The molecule has 3 nitrogen and oxygen atoms in total. The van der Waals surface area contributed by atoms with E-state index in [0.29, 0.717) is 11.1 Å². The fourth-order valence-corrected chi connectivity index (χ4v) is 1.79. The van der Waals surface area contributed by atoms with E-state index in [1.54, 1.807) is 13.8 Å². The van der Waals surface area contributed by atoms with E-state index in [9.17, 15) is 14.0 Å². The van der Waals surface area contributed by atoms with Gasteiger partial charge < -0.3 is 0 Å². The summed E-state index contributed by atoms with van der Waals surface area (Å²) in [5, 5.41) is 0.215. The number of carbonyl (C=O) groups excluding carboxylic acids is 2. The highest BCUT2D eigenvalue weighted by atomic mass is 35.5. The molecule has 1 aliphatic rings. The van der Waals surface area contributed by atoms with Gasteiger partial charge in [0, 0.05) is 16.2 Å². The van der Waals surface area contributed by atoms with Gasteiger partial charge in [0.1, 0.15) is 5.82 Å². The lowest BCUT2D eigenvalue weighted by molar-refractivity contribution is -0.120. The molecule has 0 bridgehead atoms. The number of hydrogen-bond donors (Lipinski definition) is 0. The topological polar surface area (TPSA) is 37.4 Å². The van der Waals surface area contributed by atoms with Gasteiger partial charge >= 0.3 is 0 Å². The second kappa shape index (κ2) is 3.96. The number of amides is 2. The lowest BCUT2D eigenvalue weighted by atomic mass is 10.2. The van der Waals surface area contributed by atoms with Gasteiger partial charge in [0.05, 0.1) is 5.69 Å². The van der Waals surface area contributed by atoms with Crippen LogP contribution >= 0.6 is 11.6 Å². The number of carbonyl (C=O) groups is 2. The Hall–Kier alpha value is -1.68. The maximum Gasteiger partial charge on any atom is 0.261 e. The summed E-state index contributed by atoms with van der Waals surface area (Å²) in [7, 11) is 0. The molecule has 1 aromatic carbocycles. The zero-order valence-corrected chi connectivity index (χ0v) is 10.0. The Labute approximate surface area is 102 Å². The van der Waals surface area contributed by atoms with E-state index in [-0.39, 0.29) is 10.7 Å². The zero-order valence-electron chi connectivity index (χ0n) is 9.25. The maximum atomic E-state index is 13.7. The van der Waals surface area contributed by atoms with E-state index >= 15 is 0 Å². The summed E-state index contributed by atoms with van der Waals surface area (Å²) in [6.07, 6.45) is 0. The van der Waals surface area contributed by atoms with Crippen molar-refractivity contribution in [3.63, 3.8) is 0 Å². The second-order valence-corrected chi connectivity index (χ2v) is 4.23. The zero-order chi connectivity index (χ0) is 12.7. The summed E-state index contributed by atoms with van der Waals surface area (Å²) in [6.45, 7) is 3.09. The van der Waals surface area contributed by atoms with E-state index in [4.69, 9.17) is 11.6 Å². The highest BCUT2D eigenvalue weighted by Crippen LogP contribution is 2.29. The van der Waals surface area contributed by atoms with Crippen molar-refractivity contribution >= 4 is 29.1 Å². The Kier molecular flexibility index (Phi) is 2.75. The Morgan fingerprint density at radius 2 is 1.65 bits per heavy atom. The van der Waals surface area contributed by atoms with Gasteiger partial charge in [-0.25, -0.2) is 9.29 Å². The summed E-state index contributed by atoms with van der Waals surface area (Å²) >= 11 is 5.61. The lowest BCUT2D eigenvalue weighted by Crippen LogP contribution is -2.32. The van der Waals surface area contributed by atoms with E-state index in [1.807, 2.05) is 0 Å². The molecule has 0 radical (unpaired) electrons. The number of hydrogen-bond acceptors (Lipinski definition) is 2. The van der Waals surface area contributed by atoms with Gasteiger partial charge in [-0.05, 0) is 32.0 Å². The summed E-state index contributed by atoms with van der Waals surface area (Å²) < 4.78 is 13.7. The molecule has 0 saturated heterocycles. The monoisotopic (exact) mass is 253 g/mol. The number of benzene rings is 1. The van der Waals surface area contributed by atoms with Gasteiger partial charge in [0.25, 0.3) is 11.8 Å². The third kappa shape index (κ3) is 1.74. The lowest BCUT2D eigenvalue weighted by Gasteiger charge is -2.15. The molecule has 1 heterocycles. The molecule has 0 aromatic heterocycles. The van der Waals surface area contributed by atoms with Crippen molar-refractivity contribution in [2.45, 2.75) is 13.8 Å². The summed E-state index contributed by atoms with van der Waals surface area (Å²) in [5.74, 6) is -1.68. The third-order valence-electron chi connectivity index (χ3n) is 2.76. The van der Waals surface area contributed by atoms with Crippen LogP contribution in [0.15, 0.2) is 29.3 Å². The highest BCUT2D eigenvalue weighted by Gasteiger charge is 2.35. The van der Waals surface area contributed by atoms with Crippen molar-refractivity contribution in [3.05, 3.63) is 40.2 Å². The summed E-state index contributed by atoms with van der Waals surface area (Å²) in [4.78, 5) is 24.5. The average Bonchev–Trinajstić information content (AvgIpc) is 2.45. The Bertz CT molecular complexity index is 542. The molecule has 5 heteroatoms. The number of halogens is 2. The van der Waals surface area contributed by atoms with Crippen LogP contribution in [0, 0.1) is 5.82 Å². The standard InChI is InChI=1S/C12H9ClFNO2/c1-6-7(2)12(17)15(11(6)16)10-4-3-8(13)5-9(10)14/h3-5H,1-2H3. The van der Waals surface area contributed by atoms with Crippen LogP contribution in [0.1, 0.15) is 13.8 Å². The average molecular weight is 254 g/mol. The van der Waals surface area contributed by atoms with Gasteiger partial charge in [0.15, 0.2) is 0 Å². The molecule has 17 heavy (non-hydrogen) atoms. The molecular weight excluding hydrogens is 245 g/mol. The normalized spacial score (nSPS) is 16.1. The maximum absolute atomic E-state index is 13.7. The molecule has 0 atom stereocenters. The highest BCUT2D eigenvalue weighted by molar-refractivity contribution is 6.33. The largest absolute Gasteiger partial charge is 0.269 e. The Morgan fingerprint density at radius 1 is 1.12 bits per heavy atom. The fourth-order valence-electron chi connectivity index (χ4n) is 1.63. The fraction of sp³-hybridized carbons (Fsp3) is 0.167. The number of nitrogens with zero attached hydrogens (tertiary/aromatic N) is 1. The third-order valence-corrected chi connectivity index (χ3v) is 3.00. The minimum Gasteiger partial charge on any atom is -0.269 e. The van der Waals surface area contributed by atoms with Crippen molar-refractivity contribution in [2.75, 3.05) is 4.90 Å².